The van der Waals surface area contributed by atoms with E-state index in [1.807, 2.05) is 6.07 Å². The minimum atomic E-state index is -0.153. The molecule has 19 heavy (non-hydrogen) atoms. The number of benzene rings is 1. The predicted octanol–water partition coefficient (Wildman–Crippen LogP) is 0.504. The van der Waals surface area contributed by atoms with E-state index >= 15 is 0 Å². The lowest BCUT2D eigenvalue weighted by atomic mass is 10.1. The van der Waals surface area contributed by atoms with Crippen LogP contribution in [0.15, 0.2) is 27.5 Å². The molecule has 0 radical (unpaired) electrons. The average molecular weight is 261 g/mol. The summed E-state index contributed by atoms with van der Waals surface area (Å²) >= 11 is 0. The molecule has 1 amide bonds. The Morgan fingerprint density at radius 3 is 2.95 bits per heavy atom. The van der Waals surface area contributed by atoms with Gasteiger partial charge in [-0.2, -0.15) is 4.74 Å². The Hall–Kier alpha value is -2.08. The van der Waals surface area contributed by atoms with Crippen LogP contribution in [0.5, 0.6) is 0 Å². The van der Waals surface area contributed by atoms with E-state index in [1.165, 1.54) is 4.74 Å². The van der Waals surface area contributed by atoms with Gasteiger partial charge in [-0.15, -0.1) is 0 Å². The van der Waals surface area contributed by atoms with E-state index in [9.17, 15) is 9.59 Å². The fraction of sp³-hybridized carbons (Fsp3) is 0.385. The van der Waals surface area contributed by atoms with E-state index in [-0.39, 0.29) is 17.5 Å². The molecule has 0 saturated carbocycles. The maximum atomic E-state index is 12.2. The monoisotopic (exact) mass is 261 g/mol. The van der Waals surface area contributed by atoms with Gasteiger partial charge in [0.25, 0.3) is 5.56 Å². The number of rotatable bonds is 2. The highest BCUT2D eigenvalue weighted by atomic mass is 16.5. The van der Waals surface area contributed by atoms with Crippen molar-refractivity contribution in [3.8, 4) is 0 Å². The minimum Gasteiger partial charge on any atom is -0.375 e. The summed E-state index contributed by atoms with van der Waals surface area (Å²) in [6.07, 6.45) is 1.04. The van der Waals surface area contributed by atoms with Crippen molar-refractivity contribution in [3.63, 3.8) is 0 Å². The van der Waals surface area contributed by atoms with Crippen molar-refractivity contribution in [1.29, 1.82) is 0 Å². The fourth-order valence-corrected chi connectivity index (χ4v) is 2.37. The topological polar surface area (TPSA) is 90.3 Å². The number of aromatic nitrogens is 1. The maximum Gasteiger partial charge on any atom is 0.290 e. The lowest BCUT2D eigenvalue weighted by Crippen LogP contribution is -2.38. The van der Waals surface area contributed by atoms with Gasteiger partial charge in [-0.25, -0.2) is 0 Å². The normalized spacial score (nSPS) is 19.6. The molecule has 1 fully saturated rings. The molecule has 1 aliphatic rings. The minimum absolute atomic E-state index is 0.0193. The molecule has 6 nitrogen and oxygen atoms in total. The molecule has 1 aliphatic heterocycles. The number of nitrogens with one attached hydrogen (secondary N) is 1. The molecular formula is C13H15N3O3. The zero-order chi connectivity index (χ0) is 13.4. The zero-order valence-electron chi connectivity index (χ0n) is 10.4. The second-order valence-electron chi connectivity index (χ2n) is 4.75. The van der Waals surface area contributed by atoms with E-state index in [4.69, 9.17) is 10.3 Å². The standard InChI is InChI=1S/C13H15N3O3/c14-6-8-1-3-10-11(5-8)19-16(13(10)18)9-2-4-12(17)15-7-9/h1,3,5,9H,2,4,6-7,14H2,(H,15,17). The second-order valence-corrected chi connectivity index (χ2v) is 4.75. The Labute approximate surface area is 109 Å². The largest absolute Gasteiger partial charge is 0.375 e. The Morgan fingerprint density at radius 2 is 2.26 bits per heavy atom. The molecule has 100 valence electrons. The number of fused-ring (bicyclic) bond motifs is 1. The number of piperidine rings is 1. The van der Waals surface area contributed by atoms with Gasteiger partial charge in [0.15, 0.2) is 5.58 Å². The molecule has 3 N–H and O–H groups in total. The van der Waals surface area contributed by atoms with Crippen LogP contribution in [0.25, 0.3) is 11.0 Å². The number of amides is 1. The Bertz CT molecular complexity index is 676. The Kier molecular flexibility index (Phi) is 2.87. The maximum absolute atomic E-state index is 12.2. The molecule has 0 aliphatic carbocycles. The van der Waals surface area contributed by atoms with Gasteiger partial charge in [0, 0.05) is 19.5 Å². The van der Waals surface area contributed by atoms with Crippen LogP contribution in [0.2, 0.25) is 0 Å². The molecular weight excluding hydrogens is 246 g/mol. The molecule has 2 heterocycles. The van der Waals surface area contributed by atoms with Gasteiger partial charge in [-0.05, 0) is 24.1 Å². The van der Waals surface area contributed by atoms with Crippen molar-refractivity contribution in [2.45, 2.75) is 25.4 Å². The van der Waals surface area contributed by atoms with Gasteiger partial charge in [-0.3, -0.25) is 9.59 Å². The van der Waals surface area contributed by atoms with Gasteiger partial charge in [0.1, 0.15) is 0 Å². The first kappa shape index (κ1) is 12.0. The molecule has 1 aromatic carbocycles. The van der Waals surface area contributed by atoms with Crippen LogP contribution in [0, 0.1) is 0 Å². The van der Waals surface area contributed by atoms with E-state index < -0.39 is 0 Å². The number of hydrogen-bond donors (Lipinski definition) is 2. The Balaban J connectivity index is 2.02. The lowest BCUT2D eigenvalue weighted by Gasteiger charge is -2.21. The number of nitrogens with zero attached hydrogens (tertiary/aromatic N) is 1. The van der Waals surface area contributed by atoms with Crippen LogP contribution in [-0.4, -0.2) is 17.2 Å². The highest BCUT2D eigenvalue weighted by molar-refractivity contribution is 5.77. The zero-order valence-corrected chi connectivity index (χ0v) is 10.4. The van der Waals surface area contributed by atoms with Crippen molar-refractivity contribution in [2.24, 2.45) is 5.73 Å². The quantitative estimate of drug-likeness (QED) is 0.823. The van der Waals surface area contributed by atoms with Crippen LogP contribution in [-0.2, 0) is 11.3 Å². The van der Waals surface area contributed by atoms with Crippen LogP contribution < -0.4 is 16.6 Å². The number of carbonyl (C=O) groups excluding carboxylic acids is 1. The van der Waals surface area contributed by atoms with E-state index in [0.29, 0.717) is 36.9 Å². The van der Waals surface area contributed by atoms with Crippen LogP contribution in [0.1, 0.15) is 24.4 Å². The molecule has 2 aromatic rings. The summed E-state index contributed by atoms with van der Waals surface area (Å²) in [4.78, 5) is 23.4. The molecule has 1 unspecified atom stereocenters. The van der Waals surface area contributed by atoms with Gasteiger partial charge < -0.3 is 15.6 Å². The molecule has 1 aromatic heterocycles. The van der Waals surface area contributed by atoms with Gasteiger partial charge >= 0.3 is 0 Å². The summed E-state index contributed by atoms with van der Waals surface area (Å²) in [5, 5.41) is 3.30. The van der Waals surface area contributed by atoms with Gasteiger partial charge in [0.05, 0.1) is 11.4 Å². The van der Waals surface area contributed by atoms with Crippen molar-refractivity contribution in [1.82, 2.24) is 10.1 Å². The molecule has 1 atom stereocenters. The molecule has 1 saturated heterocycles. The third-order valence-electron chi connectivity index (χ3n) is 3.48. The first-order valence-corrected chi connectivity index (χ1v) is 6.30. The average Bonchev–Trinajstić information content (AvgIpc) is 2.76. The SMILES string of the molecule is NCc1ccc2c(=O)n(C3CCC(=O)NC3)oc2c1. The van der Waals surface area contributed by atoms with Crippen LogP contribution in [0.4, 0.5) is 0 Å². The van der Waals surface area contributed by atoms with E-state index in [2.05, 4.69) is 5.32 Å². The number of hydrogen-bond acceptors (Lipinski definition) is 4. The fourth-order valence-electron chi connectivity index (χ4n) is 2.37. The summed E-state index contributed by atoms with van der Waals surface area (Å²) in [7, 11) is 0. The summed E-state index contributed by atoms with van der Waals surface area (Å²) < 4.78 is 6.98. The summed E-state index contributed by atoms with van der Waals surface area (Å²) in [6.45, 7) is 0.840. The van der Waals surface area contributed by atoms with Crippen LogP contribution in [0.3, 0.4) is 0 Å². The first-order chi connectivity index (χ1) is 9.19. The van der Waals surface area contributed by atoms with Gasteiger partial charge in [-0.1, -0.05) is 6.07 Å². The van der Waals surface area contributed by atoms with E-state index in [1.54, 1.807) is 12.1 Å². The third-order valence-corrected chi connectivity index (χ3v) is 3.48. The number of carbonyl (C=O) groups is 1. The van der Waals surface area contributed by atoms with Gasteiger partial charge in [0.2, 0.25) is 5.91 Å². The number of nitrogens with two attached hydrogens (primary N) is 1. The smallest absolute Gasteiger partial charge is 0.290 e. The summed E-state index contributed by atoms with van der Waals surface area (Å²) in [6, 6.07) is 5.24. The molecule has 0 spiro atoms. The molecule has 0 bridgehead atoms. The lowest BCUT2D eigenvalue weighted by molar-refractivity contribution is -0.123. The summed E-state index contributed by atoms with van der Waals surface area (Å²) in [5.41, 5.74) is 6.88. The predicted molar refractivity (Wildman–Crippen MR) is 69.6 cm³/mol. The van der Waals surface area contributed by atoms with Crippen molar-refractivity contribution < 1.29 is 9.32 Å². The first-order valence-electron chi connectivity index (χ1n) is 6.30. The second kappa shape index (κ2) is 4.55. The van der Waals surface area contributed by atoms with Crippen molar-refractivity contribution in [3.05, 3.63) is 34.1 Å². The van der Waals surface area contributed by atoms with Crippen molar-refractivity contribution >= 4 is 16.9 Å². The molecule has 3 rings (SSSR count). The van der Waals surface area contributed by atoms with E-state index in [0.717, 1.165) is 5.56 Å². The summed E-state index contributed by atoms with van der Waals surface area (Å²) in [5.74, 6) is 0.0193. The Morgan fingerprint density at radius 1 is 1.42 bits per heavy atom. The highest BCUT2D eigenvalue weighted by Crippen LogP contribution is 2.20. The highest BCUT2D eigenvalue weighted by Gasteiger charge is 2.23. The van der Waals surface area contributed by atoms with Crippen molar-refractivity contribution in [2.75, 3.05) is 6.54 Å². The molecule has 6 heteroatoms. The van der Waals surface area contributed by atoms with Crippen LogP contribution >= 0.6 is 0 Å². The third kappa shape index (κ3) is 2.04.